The van der Waals surface area contributed by atoms with Crippen LogP contribution in [0.1, 0.15) is 48.0 Å². The maximum Gasteiger partial charge on any atom is 0.316 e. The highest BCUT2D eigenvalue weighted by molar-refractivity contribution is 6.06. The van der Waals surface area contributed by atoms with E-state index in [0.29, 0.717) is 29.6 Å². The van der Waals surface area contributed by atoms with Crippen LogP contribution in [0.25, 0.3) is 22.2 Å². The molecule has 0 bridgehead atoms. The second-order valence-electron chi connectivity index (χ2n) is 8.79. The van der Waals surface area contributed by atoms with Crippen molar-refractivity contribution in [3.05, 3.63) is 66.1 Å². The number of hydrogen-bond donors (Lipinski definition) is 2. The van der Waals surface area contributed by atoms with Gasteiger partial charge in [-0.25, -0.2) is 24.3 Å². The molecule has 1 amide bonds. The highest BCUT2D eigenvalue weighted by Crippen LogP contribution is 2.29. The van der Waals surface area contributed by atoms with Crippen LogP contribution in [-0.4, -0.2) is 50.5 Å². The summed E-state index contributed by atoms with van der Waals surface area (Å²) in [4.78, 5) is 33.9. The molecule has 3 heterocycles. The molecule has 0 saturated heterocycles. The molecular weight excluding hydrogens is 461 g/mol. The van der Waals surface area contributed by atoms with Crippen LogP contribution in [0.3, 0.4) is 0 Å². The number of carbonyl (C=O) groups is 1. The van der Waals surface area contributed by atoms with Crippen LogP contribution in [0.2, 0.25) is 0 Å². The molecule has 184 valence electrons. The minimum atomic E-state index is -0.479. The van der Waals surface area contributed by atoms with E-state index in [2.05, 4.69) is 35.6 Å². The number of halogens is 1. The summed E-state index contributed by atoms with van der Waals surface area (Å²) < 4.78 is 20.4. The van der Waals surface area contributed by atoms with E-state index in [0.717, 1.165) is 24.0 Å². The standard InChI is InChI=1S/C26H26FN7O2/c1-15(18-6-7-20(27)23-19(25(35)28-2)8-9-29-24(18)23)11-30-22-10-21(33-14-34-22)16-12-31-26(32-13-16)36-17-4-3-5-17/h6-10,12-15,17H,3-5,11H2,1-2H3,(H,28,35)(H,30,33,34)/t15-/m1/s1. The van der Waals surface area contributed by atoms with Gasteiger partial charge >= 0.3 is 6.01 Å². The number of benzene rings is 1. The molecule has 1 aliphatic carbocycles. The van der Waals surface area contributed by atoms with E-state index in [1.165, 1.54) is 38.1 Å². The van der Waals surface area contributed by atoms with Crippen LogP contribution < -0.4 is 15.4 Å². The van der Waals surface area contributed by atoms with Gasteiger partial charge in [0.25, 0.3) is 5.91 Å². The molecule has 0 spiro atoms. The first kappa shape index (κ1) is 23.5. The van der Waals surface area contributed by atoms with Crippen molar-refractivity contribution in [1.29, 1.82) is 0 Å². The zero-order valence-electron chi connectivity index (χ0n) is 20.0. The average Bonchev–Trinajstić information content (AvgIpc) is 2.89. The Labute approximate surface area is 207 Å². The van der Waals surface area contributed by atoms with Gasteiger partial charge in [0.05, 0.1) is 16.8 Å². The normalized spacial score (nSPS) is 14.2. The van der Waals surface area contributed by atoms with E-state index in [-0.39, 0.29) is 28.9 Å². The molecule has 0 aliphatic heterocycles. The van der Waals surface area contributed by atoms with Crippen LogP contribution in [0.15, 0.2) is 49.2 Å². The van der Waals surface area contributed by atoms with E-state index in [9.17, 15) is 9.18 Å². The maximum absolute atomic E-state index is 14.7. The van der Waals surface area contributed by atoms with Crippen molar-refractivity contribution in [3.8, 4) is 17.3 Å². The summed E-state index contributed by atoms with van der Waals surface area (Å²) in [7, 11) is 1.52. The van der Waals surface area contributed by atoms with E-state index < -0.39 is 5.82 Å². The Morgan fingerprint density at radius 3 is 2.67 bits per heavy atom. The van der Waals surface area contributed by atoms with Crippen molar-refractivity contribution in [2.24, 2.45) is 0 Å². The third-order valence-electron chi connectivity index (χ3n) is 6.38. The second-order valence-corrected chi connectivity index (χ2v) is 8.79. The summed E-state index contributed by atoms with van der Waals surface area (Å²) >= 11 is 0. The molecule has 1 aromatic carbocycles. The number of ether oxygens (including phenoxy) is 1. The first-order valence-corrected chi connectivity index (χ1v) is 11.9. The third-order valence-corrected chi connectivity index (χ3v) is 6.38. The zero-order valence-corrected chi connectivity index (χ0v) is 20.0. The molecule has 3 aromatic heterocycles. The summed E-state index contributed by atoms with van der Waals surface area (Å²) in [5.74, 6) is -0.256. The van der Waals surface area contributed by atoms with Crippen LogP contribution in [0, 0.1) is 5.82 Å². The van der Waals surface area contributed by atoms with Gasteiger partial charge in [0.2, 0.25) is 0 Å². The van der Waals surface area contributed by atoms with Crippen molar-refractivity contribution in [2.45, 2.75) is 38.2 Å². The van der Waals surface area contributed by atoms with Gasteiger partial charge in [0.1, 0.15) is 24.1 Å². The number of carbonyl (C=O) groups excluding carboxylic acids is 1. The first-order valence-electron chi connectivity index (χ1n) is 11.9. The molecule has 9 nitrogen and oxygen atoms in total. The lowest BCUT2D eigenvalue weighted by molar-refractivity contribution is 0.0964. The Hall–Kier alpha value is -4.21. The number of amides is 1. The molecule has 1 saturated carbocycles. The van der Waals surface area contributed by atoms with Crippen molar-refractivity contribution < 1.29 is 13.9 Å². The quantitative estimate of drug-likeness (QED) is 0.381. The molecule has 36 heavy (non-hydrogen) atoms. The first-order chi connectivity index (χ1) is 17.5. The van der Waals surface area contributed by atoms with Crippen LogP contribution >= 0.6 is 0 Å². The molecule has 1 aliphatic rings. The molecule has 5 rings (SSSR count). The van der Waals surface area contributed by atoms with E-state index >= 15 is 0 Å². The van der Waals surface area contributed by atoms with Crippen LogP contribution in [0.4, 0.5) is 10.2 Å². The SMILES string of the molecule is CNC(=O)c1ccnc2c([C@H](C)CNc3cc(-c4cnc(OC5CCC5)nc4)ncn3)ccc(F)c12. The fraction of sp³-hybridized carbons (Fsp3) is 0.308. The number of nitrogens with one attached hydrogen (secondary N) is 2. The average molecular weight is 488 g/mol. The number of anilines is 1. The molecule has 2 N–H and O–H groups in total. The van der Waals surface area contributed by atoms with Gasteiger partial charge in [-0.1, -0.05) is 13.0 Å². The highest BCUT2D eigenvalue weighted by atomic mass is 19.1. The summed E-state index contributed by atoms with van der Waals surface area (Å²) in [6, 6.07) is 6.81. The number of pyridine rings is 1. The lowest BCUT2D eigenvalue weighted by Crippen LogP contribution is -2.25. The lowest BCUT2D eigenvalue weighted by atomic mass is 9.95. The van der Waals surface area contributed by atoms with Gasteiger partial charge in [0, 0.05) is 55.1 Å². The smallest absolute Gasteiger partial charge is 0.316 e. The predicted octanol–water partition coefficient (Wildman–Crippen LogP) is 4.13. The largest absolute Gasteiger partial charge is 0.460 e. The molecule has 0 radical (unpaired) electrons. The van der Waals surface area contributed by atoms with Crippen molar-refractivity contribution in [2.75, 3.05) is 18.9 Å². The predicted molar refractivity (Wildman–Crippen MR) is 133 cm³/mol. The van der Waals surface area contributed by atoms with Gasteiger partial charge in [-0.15, -0.1) is 0 Å². The molecule has 10 heteroatoms. The monoisotopic (exact) mass is 487 g/mol. The highest BCUT2D eigenvalue weighted by Gasteiger charge is 2.21. The lowest BCUT2D eigenvalue weighted by Gasteiger charge is -2.24. The van der Waals surface area contributed by atoms with Crippen molar-refractivity contribution >= 4 is 22.6 Å². The number of aromatic nitrogens is 5. The molecule has 4 aromatic rings. The molecule has 0 unspecified atom stereocenters. The maximum atomic E-state index is 14.7. The Balaban J connectivity index is 1.31. The molecule has 1 fully saturated rings. The van der Waals surface area contributed by atoms with Crippen LogP contribution in [-0.2, 0) is 0 Å². The van der Waals surface area contributed by atoms with E-state index in [1.54, 1.807) is 18.5 Å². The third kappa shape index (κ3) is 4.79. The number of fused-ring (bicyclic) bond motifs is 1. The molecule has 1 atom stereocenters. The minimum absolute atomic E-state index is 0.0507. The van der Waals surface area contributed by atoms with Gasteiger partial charge in [-0.2, -0.15) is 0 Å². The van der Waals surface area contributed by atoms with Gasteiger partial charge < -0.3 is 15.4 Å². The van der Waals surface area contributed by atoms with Gasteiger partial charge in [0.15, 0.2) is 0 Å². The summed E-state index contributed by atoms with van der Waals surface area (Å²) in [6.45, 7) is 2.51. The van der Waals surface area contributed by atoms with E-state index in [4.69, 9.17) is 4.74 Å². The van der Waals surface area contributed by atoms with Crippen LogP contribution in [0.5, 0.6) is 6.01 Å². The Kier molecular flexibility index (Phi) is 6.66. The number of nitrogens with zero attached hydrogens (tertiary/aromatic N) is 5. The Morgan fingerprint density at radius 2 is 1.94 bits per heavy atom. The Morgan fingerprint density at radius 1 is 1.14 bits per heavy atom. The fourth-order valence-electron chi connectivity index (χ4n) is 4.10. The summed E-state index contributed by atoms with van der Waals surface area (Å²) in [5.41, 5.74) is 2.99. The minimum Gasteiger partial charge on any atom is -0.460 e. The van der Waals surface area contributed by atoms with Gasteiger partial charge in [-0.05, 0) is 37.0 Å². The summed E-state index contributed by atoms with van der Waals surface area (Å²) in [6.07, 6.45) is 9.88. The van der Waals surface area contributed by atoms with Crippen molar-refractivity contribution in [3.63, 3.8) is 0 Å². The fourth-order valence-corrected chi connectivity index (χ4v) is 4.10. The number of hydrogen-bond acceptors (Lipinski definition) is 8. The summed E-state index contributed by atoms with van der Waals surface area (Å²) in [5, 5.41) is 6.09. The topological polar surface area (TPSA) is 115 Å². The van der Waals surface area contributed by atoms with E-state index in [1.807, 2.05) is 13.0 Å². The van der Waals surface area contributed by atoms with Gasteiger partial charge in [-0.3, -0.25) is 9.78 Å². The Bertz CT molecular complexity index is 1390. The number of rotatable bonds is 8. The van der Waals surface area contributed by atoms with Crippen molar-refractivity contribution in [1.82, 2.24) is 30.2 Å². The second kappa shape index (κ2) is 10.2. The molecular formula is C26H26FN7O2. The zero-order chi connectivity index (χ0) is 25.1.